The molecule has 0 saturated carbocycles. The first-order valence-electron chi connectivity index (χ1n) is 2.80. The molecule has 0 unspecified atom stereocenters. The van der Waals surface area contributed by atoms with E-state index >= 15 is 0 Å². The molecule has 1 N–H and O–H groups in total. The van der Waals surface area contributed by atoms with Crippen molar-refractivity contribution in [2.24, 2.45) is 0 Å². The summed E-state index contributed by atoms with van der Waals surface area (Å²) in [6.07, 6.45) is 12.6. The van der Waals surface area contributed by atoms with Crippen LogP contribution in [0.15, 0.2) is 24.3 Å². The molecule has 0 saturated heterocycles. The molecule has 0 atom stereocenters. The van der Waals surface area contributed by atoms with Gasteiger partial charge in [-0.2, -0.15) is 0 Å². The van der Waals surface area contributed by atoms with E-state index in [4.69, 9.17) is 11.5 Å². The normalized spacial score (nSPS) is 10.7. The van der Waals surface area contributed by atoms with E-state index in [9.17, 15) is 0 Å². The molecule has 48 valence electrons. The third-order valence-electron chi connectivity index (χ3n) is 0.735. The number of aliphatic hydroxyl groups excluding tert-OH is 1. The van der Waals surface area contributed by atoms with Crippen molar-refractivity contribution in [3.05, 3.63) is 24.3 Å². The van der Waals surface area contributed by atoms with Crippen LogP contribution in [-0.4, -0.2) is 11.7 Å². The number of aliphatic hydroxyl groups is 1. The molecule has 1 nitrogen and oxygen atoms in total. The van der Waals surface area contributed by atoms with Gasteiger partial charge in [-0.25, -0.2) is 0 Å². The second-order valence-corrected chi connectivity index (χ2v) is 1.47. The van der Waals surface area contributed by atoms with Crippen LogP contribution >= 0.6 is 0 Å². The molecular weight excluding hydrogens is 112 g/mol. The van der Waals surface area contributed by atoms with Crippen molar-refractivity contribution in [1.29, 1.82) is 0 Å². The van der Waals surface area contributed by atoms with Crippen LogP contribution in [0.25, 0.3) is 0 Å². The molecule has 0 rings (SSSR count). The highest BCUT2D eigenvalue weighted by atomic mass is 16.2. The minimum absolute atomic E-state index is 0.195. The third-order valence-corrected chi connectivity index (χ3v) is 0.735. The molecule has 0 radical (unpaired) electrons. The molecule has 0 aromatic heterocycles. The van der Waals surface area contributed by atoms with Gasteiger partial charge in [-0.15, -0.1) is 6.42 Å². The molecule has 0 aromatic rings. The van der Waals surface area contributed by atoms with Gasteiger partial charge in [-0.3, -0.25) is 0 Å². The van der Waals surface area contributed by atoms with Gasteiger partial charge in [0.1, 0.15) is 0 Å². The van der Waals surface area contributed by atoms with Crippen LogP contribution in [0.4, 0.5) is 0 Å². The Hall–Kier alpha value is -1.00. The predicted octanol–water partition coefficient (Wildman–Crippen LogP) is 1.11. The Morgan fingerprint density at radius 3 is 2.78 bits per heavy atom. The number of terminal acetylenes is 1. The van der Waals surface area contributed by atoms with Gasteiger partial charge in [-0.05, 0) is 12.5 Å². The summed E-state index contributed by atoms with van der Waals surface area (Å²) in [5, 5.41) is 8.31. The lowest BCUT2D eigenvalue weighted by atomic mass is 10.4. The molecule has 0 bridgehead atoms. The van der Waals surface area contributed by atoms with Crippen molar-refractivity contribution >= 4 is 0 Å². The number of hydrogen-bond donors (Lipinski definition) is 1. The maximum absolute atomic E-state index is 8.31. The van der Waals surface area contributed by atoms with E-state index in [1.54, 1.807) is 12.2 Å². The lowest BCUT2D eigenvalue weighted by Crippen LogP contribution is -1.73. The van der Waals surface area contributed by atoms with E-state index in [0.29, 0.717) is 6.42 Å². The highest BCUT2D eigenvalue weighted by molar-refractivity contribution is 5.15. The SMILES string of the molecule is C#C/C=C\C=C/CCO. The van der Waals surface area contributed by atoms with E-state index in [1.165, 1.54) is 0 Å². The van der Waals surface area contributed by atoms with Crippen LogP contribution in [0.1, 0.15) is 6.42 Å². The molecule has 0 spiro atoms. The molecule has 0 fully saturated rings. The van der Waals surface area contributed by atoms with E-state index < -0.39 is 0 Å². The van der Waals surface area contributed by atoms with Gasteiger partial charge in [0.05, 0.1) is 0 Å². The van der Waals surface area contributed by atoms with Crippen LogP contribution in [0.3, 0.4) is 0 Å². The zero-order chi connectivity index (χ0) is 6.95. The molecule has 1 heteroatoms. The Kier molecular flexibility index (Phi) is 6.22. The lowest BCUT2D eigenvalue weighted by molar-refractivity contribution is 0.302. The van der Waals surface area contributed by atoms with E-state index in [2.05, 4.69) is 5.92 Å². The fourth-order valence-electron chi connectivity index (χ4n) is 0.360. The maximum atomic E-state index is 8.31. The lowest BCUT2D eigenvalue weighted by Gasteiger charge is -1.78. The predicted molar refractivity (Wildman–Crippen MR) is 38.8 cm³/mol. The van der Waals surface area contributed by atoms with Crippen LogP contribution < -0.4 is 0 Å². The minimum atomic E-state index is 0.195. The summed E-state index contributed by atoms with van der Waals surface area (Å²) in [5.41, 5.74) is 0. The molecule has 0 heterocycles. The Bertz CT molecular complexity index is 137. The summed E-state index contributed by atoms with van der Waals surface area (Å²) >= 11 is 0. The number of hydrogen-bond acceptors (Lipinski definition) is 1. The fourth-order valence-corrected chi connectivity index (χ4v) is 0.360. The highest BCUT2D eigenvalue weighted by Crippen LogP contribution is 1.80. The first-order valence-corrected chi connectivity index (χ1v) is 2.80. The highest BCUT2D eigenvalue weighted by Gasteiger charge is 1.68. The zero-order valence-corrected chi connectivity index (χ0v) is 5.25. The van der Waals surface area contributed by atoms with E-state index in [-0.39, 0.29) is 6.61 Å². The van der Waals surface area contributed by atoms with Crippen molar-refractivity contribution < 1.29 is 5.11 Å². The summed E-state index contributed by atoms with van der Waals surface area (Å²) in [4.78, 5) is 0. The zero-order valence-electron chi connectivity index (χ0n) is 5.25. The Labute approximate surface area is 55.7 Å². The van der Waals surface area contributed by atoms with Crippen molar-refractivity contribution in [3.8, 4) is 12.3 Å². The molecule has 0 aliphatic rings. The standard InChI is InChI=1S/C8H10O/c1-2-3-4-5-6-7-8-9/h1,3-6,9H,7-8H2/b4-3-,6-5-. The van der Waals surface area contributed by atoms with Crippen molar-refractivity contribution in [2.75, 3.05) is 6.61 Å². The van der Waals surface area contributed by atoms with E-state index in [0.717, 1.165) is 0 Å². The molecule has 0 aromatic carbocycles. The van der Waals surface area contributed by atoms with Gasteiger partial charge < -0.3 is 5.11 Å². The smallest absolute Gasteiger partial charge is 0.0465 e. The average Bonchev–Trinajstić information content (AvgIpc) is 1.89. The van der Waals surface area contributed by atoms with Crippen LogP contribution in [0, 0.1) is 12.3 Å². The minimum Gasteiger partial charge on any atom is -0.396 e. The van der Waals surface area contributed by atoms with Gasteiger partial charge >= 0.3 is 0 Å². The quantitative estimate of drug-likeness (QED) is 0.439. The monoisotopic (exact) mass is 122 g/mol. The number of rotatable bonds is 3. The second-order valence-electron chi connectivity index (χ2n) is 1.47. The van der Waals surface area contributed by atoms with Crippen LogP contribution in [-0.2, 0) is 0 Å². The molecule has 0 amide bonds. The van der Waals surface area contributed by atoms with Gasteiger partial charge in [0.2, 0.25) is 0 Å². The van der Waals surface area contributed by atoms with Gasteiger partial charge in [0.25, 0.3) is 0 Å². The molecule has 9 heavy (non-hydrogen) atoms. The average molecular weight is 122 g/mol. The fraction of sp³-hybridized carbons (Fsp3) is 0.250. The van der Waals surface area contributed by atoms with Crippen LogP contribution in [0.5, 0.6) is 0 Å². The maximum Gasteiger partial charge on any atom is 0.0465 e. The van der Waals surface area contributed by atoms with Gasteiger partial charge in [-0.1, -0.05) is 24.1 Å². The first kappa shape index (κ1) is 8.00. The summed E-state index contributed by atoms with van der Waals surface area (Å²) in [6, 6.07) is 0. The number of allylic oxidation sites excluding steroid dienone is 3. The summed E-state index contributed by atoms with van der Waals surface area (Å²) < 4.78 is 0. The second kappa shape index (κ2) is 7.00. The van der Waals surface area contributed by atoms with Gasteiger partial charge in [0.15, 0.2) is 0 Å². The van der Waals surface area contributed by atoms with Crippen molar-refractivity contribution in [1.82, 2.24) is 0 Å². The van der Waals surface area contributed by atoms with Crippen molar-refractivity contribution in [3.63, 3.8) is 0 Å². The summed E-state index contributed by atoms with van der Waals surface area (Å²) in [6.45, 7) is 0.195. The topological polar surface area (TPSA) is 20.2 Å². The first-order chi connectivity index (χ1) is 4.41. The Balaban J connectivity index is 3.27. The molecular formula is C8H10O. The molecule has 0 aliphatic carbocycles. The Morgan fingerprint density at radius 2 is 2.22 bits per heavy atom. The summed E-state index contributed by atoms with van der Waals surface area (Å²) in [5.74, 6) is 2.35. The van der Waals surface area contributed by atoms with E-state index in [1.807, 2.05) is 12.2 Å². The summed E-state index contributed by atoms with van der Waals surface area (Å²) in [7, 11) is 0. The Morgan fingerprint density at radius 1 is 1.44 bits per heavy atom. The van der Waals surface area contributed by atoms with Crippen molar-refractivity contribution in [2.45, 2.75) is 6.42 Å². The van der Waals surface area contributed by atoms with Gasteiger partial charge in [0, 0.05) is 6.61 Å². The third kappa shape index (κ3) is 7.00. The molecule has 0 aliphatic heterocycles. The van der Waals surface area contributed by atoms with Crippen LogP contribution in [0.2, 0.25) is 0 Å². The largest absolute Gasteiger partial charge is 0.396 e.